The first-order valence-corrected chi connectivity index (χ1v) is 10.8. The Morgan fingerprint density at radius 1 is 1.19 bits per heavy atom. The van der Waals surface area contributed by atoms with Crippen LogP contribution in [0, 0.1) is 23.2 Å². The Balaban J connectivity index is 1.61. The van der Waals surface area contributed by atoms with E-state index < -0.39 is 7.14 Å². The minimum absolute atomic E-state index is 0.0756. The van der Waals surface area contributed by atoms with Crippen LogP contribution in [0.2, 0.25) is 0 Å². The molecule has 4 aliphatic rings. The average molecular weight is 314 g/mol. The highest BCUT2D eigenvalue weighted by molar-refractivity contribution is 7.62. The molecule has 0 aromatic rings. The van der Waals surface area contributed by atoms with Crippen molar-refractivity contribution in [2.24, 2.45) is 23.2 Å². The first kappa shape index (κ1) is 15.5. The molecule has 6 heteroatoms. The molecule has 0 atom stereocenters. The summed E-state index contributed by atoms with van der Waals surface area (Å²) in [5.41, 5.74) is -0.312. The van der Waals surface area contributed by atoms with Gasteiger partial charge in [0.25, 0.3) is 5.91 Å². The number of rotatable bonds is 5. The van der Waals surface area contributed by atoms with Crippen LogP contribution in [0.25, 0.3) is 0 Å². The van der Waals surface area contributed by atoms with E-state index in [1.807, 2.05) is 0 Å². The van der Waals surface area contributed by atoms with Gasteiger partial charge in [0.05, 0.1) is 25.5 Å². The smallest absolute Gasteiger partial charge is 0.253 e. The van der Waals surface area contributed by atoms with Crippen LogP contribution in [0.15, 0.2) is 0 Å². The summed E-state index contributed by atoms with van der Waals surface area (Å²) in [4.78, 5) is 12.7. The lowest BCUT2D eigenvalue weighted by molar-refractivity contribution is -0.192. The van der Waals surface area contributed by atoms with Gasteiger partial charge in [-0.15, -0.1) is 0 Å². The van der Waals surface area contributed by atoms with E-state index in [0.717, 1.165) is 24.3 Å². The molecule has 4 saturated carbocycles. The van der Waals surface area contributed by atoms with Crippen LogP contribution >= 0.6 is 7.14 Å². The standard InChI is InChI=1S/C15H27N2O3P/c1-21(2,20)10-16-9-17(19)14(18)15-6-11-3-12(7-15)5-13(4-11)8-15/h11-13,16,19H,3-10H2,1-2H3. The Labute approximate surface area is 126 Å². The van der Waals surface area contributed by atoms with Gasteiger partial charge in [-0.1, -0.05) is 0 Å². The predicted octanol–water partition coefficient (Wildman–Crippen LogP) is 2.55. The summed E-state index contributed by atoms with van der Waals surface area (Å²) in [6.07, 6.45) is 7.05. The van der Waals surface area contributed by atoms with Crippen LogP contribution in [0.3, 0.4) is 0 Å². The lowest BCUT2D eigenvalue weighted by Gasteiger charge is -2.56. The average Bonchev–Trinajstić information content (AvgIpc) is 2.34. The monoisotopic (exact) mass is 314 g/mol. The fourth-order valence-electron chi connectivity index (χ4n) is 5.14. The third-order valence-electron chi connectivity index (χ3n) is 5.48. The van der Waals surface area contributed by atoms with Gasteiger partial charge in [-0.05, 0) is 69.6 Å². The van der Waals surface area contributed by atoms with Crippen molar-refractivity contribution in [1.82, 2.24) is 10.4 Å². The first-order chi connectivity index (χ1) is 9.77. The maximum atomic E-state index is 12.7. The number of nitrogens with one attached hydrogen (secondary N) is 1. The third-order valence-corrected chi connectivity index (χ3v) is 6.47. The molecule has 0 spiro atoms. The topological polar surface area (TPSA) is 69.6 Å². The molecule has 0 aromatic heterocycles. The van der Waals surface area contributed by atoms with Gasteiger partial charge < -0.3 is 4.57 Å². The molecular weight excluding hydrogens is 287 g/mol. The van der Waals surface area contributed by atoms with Crippen LogP contribution in [0.1, 0.15) is 38.5 Å². The third kappa shape index (κ3) is 3.20. The summed E-state index contributed by atoms with van der Waals surface area (Å²) in [7, 11) is -2.17. The maximum absolute atomic E-state index is 12.7. The second kappa shape index (κ2) is 5.36. The largest absolute Gasteiger partial charge is 0.323 e. The van der Waals surface area contributed by atoms with E-state index in [-0.39, 0.29) is 18.0 Å². The predicted molar refractivity (Wildman–Crippen MR) is 81.6 cm³/mol. The van der Waals surface area contributed by atoms with Crippen LogP contribution in [-0.4, -0.2) is 42.5 Å². The maximum Gasteiger partial charge on any atom is 0.253 e. The highest BCUT2D eigenvalue weighted by atomic mass is 31.2. The highest BCUT2D eigenvalue weighted by Crippen LogP contribution is 2.60. The van der Waals surface area contributed by atoms with Gasteiger partial charge in [0.2, 0.25) is 0 Å². The van der Waals surface area contributed by atoms with Crippen LogP contribution < -0.4 is 5.32 Å². The zero-order valence-electron chi connectivity index (χ0n) is 13.0. The molecule has 0 aliphatic heterocycles. The Hall–Kier alpha value is -0.380. The van der Waals surface area contributed by atoms with E-state index in [4.69, 9.17) is 0 Å². The first-order valence-electron chi connectivity index (χ1n) is 8.03. The summed E-state index contributed by atoms with van der Waals surface area (Å²) in [5.74, 6) is 1.95. The molecule has 0 aromatic carbocycles. The number of nitrogens with zero attached hydrogens (tertiary/aromatic N) is 1. The van der Waals surface area contributed by atoms with Gasteiger partial charge in [-0.25, -0.2) is 5.06 Å². The number of hydroxylamine groups is 2. The lowest BCUT2D eigenvalue weighted by Crippen LogP contribution is -2.55. The quantitative estimate of drug-likeness (QED) is 0.354. The molecule has 0 radical (unpaired) electrons. The van der Waals surface area contributed by atoms with Gasteiger partial charge in [-0.2, -0.15) is 0 Å². The van der Waals surface area contributed by atoms with Crippen molar-refractivity contribution in [2.45, 2.75) is 38.5 Å². The molecule has 120 valence electrons. The van der Waals surface area contributed by atoms with E-state index in [9.17, 15) is 14.6 Å². The zero-order valence-corrected chi connectivity index (χ0v) is 13.9. The van der Waals surface area contributed by atoms with Crippen molar-refractivity contribution in [3.8, 4) is 0 Å². The summed E-state index contributed by atoms with van der Waals surface area (Å²) in [6.45, 7) is 3.47. The fourth-order valence-corrected chi connectivity index (χ4v) is 5.78. The van der Waals surface area contributed by atoms with Crippen molar-refractivity contribution in [3.05, 3.63) is 0 Å². The van der Waals surface area contributed by atoms with Crippen molar-refractivity contribution < 1.29 is 14.6 Å². The van der Waals surface area contributed by atoms with E-state index in [0.29, 0.717) is 24.0 Å². The SMILES string of the molecule is CP(C)(=O)CNCN(O)C(=O)C12CC3CC(CC(C3)C1)C2. The summed E-state index contributed by atoms with van der Waals surface area (Å²) in [6, 6.07) is 0. The molecule has 0 saturated heterocycles. The van der Waals surface area contributed by atoms with Gasteiger partial charge in [-0.3, -0.25) is 15.3 Å². The van der Waals surface area contributed by atoms with Crippen molar-refractivity contribution in [2.75, 3.05) is 26.3 Å². The molecule has 2 N–H and O–H groups in total. The summed E-state index contributed by atoms with van der Waals surface area (Å²) >= 11 is 0. The zero-order chi connectivity index (χ0) is 15.3. The minimum atomic E-state index is -2.17. The number of hydrogen-bond acceptors (Lipinski definition) is 4. The Morgan fingerprint density at radius 2 is 1.67 bits per heavy atom. The van der Waals surface area contributed by atoms with Gasteiger partial charge in [0, 0.05) is 0 Å². The number of amides is 1. The van der Waals surface area contributed by atoms with Gasteiger partial charge in [0.1, 0.15) is 0 Å². The van der Waals surface area contributed by atoms with Gasteiger partial charge in [0.15, 0.2) is 0 Å². The number of carbonyl (C=O) groups excluding carboxylic acids is 1. The molecule has 4 aliphatic carbocycles. The minimum Gasteiger partial charge on any atom is -0.323 e. The van der Waals surface area contributed by atoms with E-state index in [1.54, 1.807) is 13.3 Å². The number of carbonyl (C=O) groups is 1. The second-order valence-electron chi connectivity index (χ2n) is 8.04. The molecule has 4 rings (SSSR count). The highest BCUT2D eigenvalue weighted by Gasteiger charge is 2.55. The van der Waals surface area contributed by atoms with Crippen LogP contribution in [0.5, 0.6) is 0 Å². The van der Waals surface area contributed by atoms with E-state index >= 15 is 0 Å². The Morgan fingerprint density at radius 3 is 2.10 bits per heavy atom. The molecule has 1 amide bonds. The molecule has 5 nitrogen and oxygen atoms in total. The summed E-state index contributed by atoms with van der Waals surface area (Å²) in [5, 5.41) is 13.9. The van der Waals surface area contributed by atoms with Crippen LogP contribution in [0.4, 0.5) is 0 Å². The normalized spacial score (nSPS) is 37.8. The Bertz CT molecular complexity index is 438. The molecule has 0 heterocycles. The molecule has 4 bridgehead atoms. The van der Waals surface area contributed by atoms with E-state index in [1.165, 1.54) is 19.3 Å². The van der Waals surface area contributed by atoms with Crippen molar-refractivity contribution in [3.63, 3.8) is 0 Å². The lowest BCUT2D eigenvalue weighted by atomic mass is 9.49. The molecule has 0 unspecified atom stereocenters. The van der Waals surface area contributed by atoms with E-state index in [2.05, 4.69) is 5.32 Å². The molecule has 21 heavy (non-hydrogen) atoms. The fraction of sp³-hybridized carbons (Fsp3) is 0.933. The Kier molecular flexibility index (Phi) is 3.96. The van der Waals surface area contributed by atoms with Crippen molar-refractivity contribution >= 4 is 13.0 Å². The number of hydrogen-bond donors (Lipinski definition) is 2. The van der Waals surface area contributed by atoms with Crippen molar-refractivity contribution in [1.29, 1.82) is 0 Å². The van der Waals surface area contributed by atoms with Crippen LogP contribution in [-0.2, 0) is 9.36 Å². The summed E-state index contributed by atoms with van der Waals surface area (Å²) < 4.78 is 11.6. The molecular formula is C15H27N2O3P. The second-order valence-corrected chi connectivity index (χ2v) is 11.5. The van der Waals surface area contributed by atoms with Gasteiger partial charge >= 0.3 is 0 Å². The molecule has 4 fully saturated rings.